The Hall–Kier alpha value is -2.88. The van der Waals surface area contributed by atoms with E-state index in [0.717, 1.165) is 30.7 Å². The molecule has 3 rings (SSSR count). The number of nitrogens with one attached hydrogen (secondary N) is 1. The van der Waals surface area contributed by atoms with Gasteiger partial charge in [0.2, 0.25) is 11.8 Å². The molecule has 24 heavy (non-hydrogen) atoms. The molecular formula is C17H16F2N4O. The van der Waals surface area contributed by atoms with E-state index in [9.17, 15) is 14.0 Å². The summed E-state index contributed by atoms with van der Waals surface area (Å²) < 4.78 is 33.0. The van der Waals surface area contributed by atoms with E-state index in [-0.39, 0.29) is 22.9 Å². The summed E-state index contributed by atoms with van der Waals surface area (Å²) >= 11 is 0. The molecule has 3 N–H and O–H groups in total. The van der Waals surface area contributed by atoms with Crippen molar-refractivity contribution in [3.63, 3.8) is 0 Å². The molecule has 0 saturated carbocycles. The summed E-state index contributed by atoms with van der Waals surface area (Å²) in [5.41, 5.74) is 7.41. The van der Waals surface area contributed by atoms with Crippen LogP contribution < -0.4 is 10.5 Å². The number of fused-ring (bicyclic) bond motifs is 1. The maximum atomic E-state index is 14.4. The van der Waals surface area contributed by atoms with Crippen molar-refractivity contribution in [3.05, 3.63) is 58.1 Å². The van der Waals surface area contributed by atoms with Gasteiger partial charge in [-0.1, -0.05) is 19.4 Å². The van der Waals surface area contributed by atoms with Gasteiger partial charge in [-0.15, -0.1) is 5.10 Å². The van der Waals surface area contributed by atoms with Gasteiger partial charge in [-0.25, -0.2) is 8.78 Å². The van der Waals surface area contributed by atoms with Crippen LogP contribution in [0.15, 0.2) is 29.7 Å². The highest BCUT2D eigenvalue weighted by Crippen LogP contribution is 2.43. The van der Waals surface area contributed by atoms with E-state index < -0.39 is 17.6 Å². The average Bonchev–Trinajstić information content (AvgIpc) is 2.94. The van der Waals surface area contributed by atoms with E-state index in [1.165, 1.54) is 6.07 Å². The third-order valence-corrected chi connectivity index (χ3v) is 4.07. The molecule has 2 heterocycles. The smallest absolute Gasteiger partial charge is 0.244 e. The summed E-state index contributed by atoms with van der Waals surface area (Å²) in [6.07, 6.45) is 2.54. The van der Waals surface area contributed by atoms with Gasteiger partial charge >= 0.3 is 0 Å². The summed E-state index contributed by atoms with van der Waals surface area (Å²) in [5, 5.41) is 16.4. The number of hydrogen-bond donors (Lipinski definition) is 2. The van der Waals surface area contributed by atoms with E-state index in [0.29, 0.717) is 12.0 Å². The first-order chi connectivity index (χ1) is 11.6. The first-order valence-electron chi connectivity index (χ1n) is 7.66. The molecule has 1 aromatic heterocycles. The predicted molar refractivity (Wildman–Crippen MR) is 82.9 cm³/mol. The first-order valence-corrected chi connectivity index (χ1v) is 7.66. The van der Waals surface area contributed by atoms with Gasteiger partial charge in [-0.2, -0.15) is 5.26 Å². The summed E-state index contributed by atoms with van der Waals surface area (Å²) in [4.78, 5) is 0. The van der Waals surface area contributed by atoms with Gasteiger partial charge in [-0.3, -0.25) is 5.10 Å². The highest BCUT2D eigenvalue weighted by molar-refractivity contribution is 5.55. The third kappa shape index (κ3) is 2.60. The minimum Gasteiger partial charge on any atom is -0.420 e. The number of hydrogen-bond acceptors (Lipinski definition) is 4. The minimum absolute atomic E-state index is 0.0900. The lowest BCUT2D eigenvalue weighted by Crippen LogP contribution is -2.22. The van der Waals surface area contributed by atoms with Crippen LogP contribution in [0.1, 0.15) is 42.5 Å². The number of allylic oxidation sites excluding steroid dienone is 1. The molecule has 1 atom stereocenters. The number of ether oxygens (including phenoxy) is 1. The molecular weight excluding hydrogens is 314 g/mol. The normalized spacial score (nSPS) is 16.5. The van der Waals surface area contributed by atoms with Crippen LogP contribution >= 0.6 is 0 Å². The number of benzene rings is 1. The van der Waals surface area contributed by atoms with E-state index in [2.05, 4.69) is 17.1 Å². The van der Waals surface area contributed by atoms with Crippen molar-refractivity contribution < 1.29 is 13.5 Å². The summed E-state index contributed by atoms with van der Waals surface area (Å²) in [5.74, 6) is -2.09. The fourth-order valence-corrected chi connectivity index (χ4v) is 2.90. The zero-order valence-electron chi connectivity index (χ0n) is 13.1. The number of unbranched alkanes of at least 4 members (excludes halogenated alkanes) is 1. The molecule has 0 saturated heterocycles. The molecule has 2 aromatic rings. The topological polar surface area (TPSA) is 87.7 Å². The lowest BCUT2D eigenvalue weighted by Gasteiger charge is -2.24. The Labute approximate surface area is 137 Å². The fourth-order valence-electron chi connectivity index (χ4n) is 2.90. The zero-order chi connectivity index (χ0) is 17.3. The van der Waals surface area contributed by atoms with Gasteiger partial charge in [0.05, 0.1) is 11.5 Å². The highest BCUT2D eigenvalue weighted by atomic mass is 19.1. The first kappa shape index (κ1) is 16.0. The summed E-state index contributed by atoms with van der Waals surface area (Å²) in [7, 11) is 0. The summed E-state index contributed by atoms with van der Waals surface area (Å²) in [6.45, 7) is 2.05. The van der Waals surface area contributed by atoms with Crippen molar-refractivity contribution in [3.8, 4) is 11.9 Å². The number of aromatic amines is 1. The highest BCUT2D eigenvalue weighted by Gasteiger charge is 2.36. The molecule has 1 aliphatic heterocycles. The molecule has 0 bridgehead atoms. The number of aryl methyl sites for hydroxylation is 1. The Morgan fingerprint density at radius 3 is 2.88 bits per heavy atom. The van der Waals surface area contributed by atoms with Crippen molar-refractivity contribution in [2.75, 3.05) is 0 Å². The second-order valence-corrected chi connectivity index (χ2v) is 5.62. The van der Waals surface area contributed by atoms with Crippen molar-refractivity contribution >= 4 is 0 Å². The molecule has 0 spiro atoms. The Kier molecular flexibility index (Phi) is 4.21. The molecule has 7 heteroatoms. The molecule has 0 unspecified atom stereocenters. The number of halogens is 2. The Balaban J connectivity index is 2.19. The van der Waals surface area contributed by atoms with Crippen LogP contribution in [0.4, 0.5) is 8.78 Å². The van der Waals surface area contributed by atoms with Gasteiger partial charge in [0, 0.05) is 17.3 Å². The van der Waals surface area contributed by atoms with E-state index in [1.54, 1.807) is 0 Å². The summed E-state index contributed by atoms with van der Waals surface area (Å²) in [6, 6.07) is 5.26. The standard InChI is InChI=1S/C17H16F2N4O/c1-2-3-4-13-15-14(10-6-5-9(18)7-12(10)19)11(8-20)16(21)24-17(15)23-22-13/h5-7,14H,2-4,21H2,1H3,(H,22,23)/t14-/m0/s1. The van der Waals surface area contributed by atoms with Crippen molar-refractivity contribution in [1.29, 1.82) is 5.26 Å². The Morgan fingerprint density at radius 2 is 2.21 bits per heavy atom. The number of rotatable bonds is 4. The molecule has 124 valence electrons. The lowest BCUT2D eigenvalue weighted by atomic mass is 9.83. The van der Waals surface area contributed by atoms with Crippen LogP contribution in [0.2, 0.25) is 0 Å². The van der Waals surface area contributed by atoms with Crippen LogP contribution in [0.5, 0.6) is 5.88 Å². The lowest BCUT2D eigenvalue weighted by molar-refractivity contribution is 0.377. The number of aromatic nitrogens is 2. The maximum absolute atomic E-state index is 14.4. The number of nitrogens with zero attached hydrogens (tertiary/aromatic N) is 2. The van der Waals surface area contributed by atoms with Gasteiger partial charge in [0.1, 0.15) is 23.3 Å². The number of H-pyrrole nitrogens is 1. The molecule has 0 amide bonds. The van der Waals surface area contributed by atoms with Crippen LogP contribution in [0.25, 0.3) is 0 Å². The second-order valence-electron chi connectivity index (χ2n) is 5.62. The van der Waals surface area contributed by atoms with Crippen LogP contribution in [-0.2, 0) is 6.42 Å². The molecule has 1 aromatic carbocycles. The average molecular weight is 330 g/mol. The van der Waals surface area contributed by atoms with Crippen LogP contribution in [-0.4, -0.2) is 10.2 Å². The zero-order valence-corrected chi connectivity index (χ0v) is 13.1. The van der Waals surface area contributed by atoms with Crippen LogP contribution in [0.3, 0.4) is 0 Å². The van der Waals surface area contributed by atoms with Gasteiger partial charge in [0.15, 0.2) is 0 Å². The van der Waals surface area contributed by atoms with Gasteiger partial charge in [-0.05, 0) is 18.9 Å². The molecule has 0 fully saturated rings. The van der Waals surface area contributed by atoms with E-state index in [4.69, 9.17) is 10.5 Å². The second kappa shape index (κ2) is 6.32. The predicted octanol–water partition coefficient (Wildman–Crippen LogP) is 3.25. The SMILES string of the molecule is CCCCc1[nH]nc2c1[C@@H](c1ccc(F)cc1F)C(C#N)=C(N)O2. The van der Waals surface area contributed by atoms with Crippen molar-refractivity contribution in [1.82, 2.24) is 10.2 Å². The Morgan fingerprint density at radius 1 is 1.42 bits per heavy atom. The van der Waals surface area contributed by atoms with Crippen molar-refractivity contribution in [2.45, 2.75) is 32.1 Å². The largest absolute Gasteiger partial charge is 0.420 e. The molecule has 0 radical (unpaired) electrons. The van der Waals surface area contributed by atoms with Gasteiger partial charge in [0.25, 0.3) is 0 Å². The quantitative estimate of drug-likeness (QED) is 0.901. The van der Waals surface area contributed by atoms with E-state index in [1.807, 2.05) is 6.07 Å². The van der Waals surface area contributed by atoms with Crippen LogP contribution in [0, 0.1) is 23.0 Å². The number of nitrogens with two attached hydrogens (primary N) is 1. The van der Waals surface area contributed by atoms with Gasteiger partial charge < -0.3 is 10.5 Å². The van der Waals surface area contributed by atoms with Crippen molar-refractivity contribution in [2.24, 2.45) is 5.73 Å². The molecule has 5 nitrogen and oxygen atoms in total. The third-order valence-electron chi connectivity index (χ3n) is 4.07. The minimum atomic E-state index is -0.773. The monoisotopic (exact) mass is 330 g/mol. The Bertz CT molecular complexity index is 851. The molecule has 1 aliphatic rings. The fraction of sp³-hybridized carbons (Fsp3) is 0.294. The van der Waals surface area contributed by atoms with E-state index >= 15 is 0 Å². The number of nitriles is 1. The molecule has 0 aliphatic carbocycles. The maximum Gasteiger partial charge on any atom is 0.244 e.